The maximum atomic E-state index is 13.0. The summed E-state index contributed by atoms with van der Waals surface area (Å²) in [6.07, 6.45) is 4.55. The molecule has 2 aliphatic heterocycles. The summed E-state index contributed by atoms with van der Waals surface area (Å²) in [6, 6.07) is 8.04. The molecule has 1 saturated heterocycles. The first kappa shape index (κ1) is 19.5. The molecule has 160 valence electrons. The Morgan fingerprint density at radius 2 is 1.65 bits per heavy atom. The summed E-state index contributed by atoms with van der Waals surface area (Å²) in [5.41, 5.74) is 0.906. The van der Waals surface area contributed by atoms with E-state index in [9.17, 15) is 19.2 Å². The van der Waals surface area contributed by atoms with E-state index < -0.39 is 11.8 Å². The number of rotatable bonds is 4. The number of furan rings is 1. The second-order valence-electron chi connectivity index (χ2n) is 8.28. The number of imide groups is 1. The van der Waals surface area contributed by atoms with Gasteiger partial charge in [-0.25, -0.2) is 0 Å². The van der Waals surface area contributed by atoms with E-state index in [0.29, 0.717) is 43.1 Å². The lowest BCUT2D eigenvalue weighted by atomic mass is 9.84. The number of hydrogen-bond acceptors (Lipinski definition) is 5. The van der Waals surface area contributed by atoms with E-state index in [1.54, 1.807) is 29.2 Å². The number of carbonyl (C=O) groups excluding carboxylic acids is 4. The fraction of sp³-hybridized carbons (Fsp3) is 0.391. The molecule has 2 fully saturated rings. The predicted octanol–water partition coefficient (Wildman–Crippen LogP) is 2.16. The van der Waals surface area contributed by atoms with Crippen LogP contribution in [0.3, 0.4) is 0 Å². The molecule has 5 rings (SSSR count). The lowest BCUT2D eigenvalue weighted by molar-refractivity contribution is -0.139. The zero-order valence-corrected chi connectivity index (χ0v) is 17.1. The molecule has 31 heavy (non-hydrogen) atoms. The van der Waals surface area contributed by atoms with Gasteiger partial charge >= 0.3 is 0 Å². The first-order chi connectivity index (χ1) is 15.0. The van der Waals surface area contributed by atoms with Crippen molar-refractivity contribution in [1.29, 1.82) is 0 Å². The van der Waals surface area contributed by atoms with Gasteiger partial charge in [0.25, 0.3) is 17.7 Å². The Bertz CT molecular complexity index is 1050. The Hall–Kier alpha value is -3.42. The number of carbonyl (C=O) groups is 4. The smallest absolute Gasteiger partial charge is 0.261 e. The fourth-order valence-electron chi connectivity index (χ4n) is 4.35. The first-order valence-corrected chi connectivity index (χ1v) is 10.6. The lowest BCUT2D eigenvalue weighted by Gasteiger charge is -2.38. The van der Waals surface area contributed by atoms with Crippen LogP contribution in [-0.2, 0) is 11.3 Å². The van der Waals surface area contributed by atoms with E-state index >= 15 is 0 Å². The van der Waals surface area contributed by atoms with Gasteiger partial charge in [0.1, 0.15) is 5.76 Å². The average molecular weight is 421 g/mol. The summed E-state index contributed by atoms with van der Waals surface area (Å²) in [5.74, 6) is -0.132. The van der Waals surface area contributed by atoms with Crippen LogP contribution in [0.25, 0.3) is 0 Å². The summed E-state index contributed by atoms with van der Waals surface area (Å²) < 4.78 is 5.25. The standard InChI is InChI=1S/C23H23N3O5/c27-20(15-3-1-4-15)24-8-10-25(11-9-24)21(28)16-6-7-18-19(13-16)23(30)26(22(18)29)14-17-5-2-12-31-17/h2,5-7,12-13,15H,1,3-4,8-11,14H2. The van der Waals surface area contributed by atoms with Gasteiger partial charge in [0, 0.05) is 37.7 Å². The minimum absolute atomic E-state index is 0.0552. The van der Waals surface area contributed by atoms with Gasteiger partial charge in [-0.3, -0.25) is 24.1 Å². The third-order valence-electron chi connectivity index (χ3n) is 6.44. The van der Waals surface area contributed by atoms with E-state index in [-0.39, 0.29) is 29.8 Å². The molecule has 3 heterocycles. The molecule has 1 saturated carbocycles. The number of fused-ring (bicyclic) bond motifs is 1. The van der Waals surface area contributed by atoms with Crippen molar-refractivity contribution < 1.29 is 23.6 Å². The van der Waals surface area contributed by atoms with Gasteiger partial charge in [-0.05, 0) is 43.2 Å². The Morgan fingerprint density at radius 1 is 0.935 bits per heavy atom. The highest BCUT2D eigenvalue weighted by molar-refractivity contribution is 6.22. The molecule has 1 aliphatic carbocycles. The number of piperazine rings is 1. The van der Waals surface area contributed by atoms with E-state index in [2.05, 4.69) is 0 Å². The van der Waals surface area contributed by atoms with Crippen molar-refractivity contribution in [2.24, 2.45) is 5.92 Å². The molecule has 1 aromatic heterocycles. The topological polar surface area (TPSA) is 91.1 Å². The fourth-order valence-corrected chi connectivity index (χ4v) is 4.35. The van der Waals surface area contributed by atoms with Crippen LogP contribution in [0.15, 0.2) is 41.0 Å². The molecule has 0 bridgehead atoms. The summed E-state index contributed by atoms with van der Waals surface area (Å²) in [4.78, 5) is 55.5. The van der Waals surface area contributed by atoms with Crippen LogP contribution < -0.4 is 0 Å². The maximum Gasteiger partial charge on any atom is 0.261 e. The van der Waals surface area contributed by atoms with Gasteiger partial charge in [0.2, 0.25) is 5.91 Å². The molecule has 2 aromatic rings. The van der Waals surface area contributed by atoms with Gasteiger partial charge < -0.3 is 14.2 Å². The van der Waals surface area contributed by atoms with Crippen molar-refractivity contribution in [3.63, 3.8) is 0 Å². The van der Waals surface area contributed by atoms with Crippen LogP contribution in [-0.4, -0.2) is 64.5 Å². The quantitative estimate of drug-likeness (QED) is 0.706. The molecular formula is C23H23N3O5. The van der Waals surface area contributed by atoms with Gasteiger partial charge in [0.05, 0.1) is 23.9 Å². The third-order valence-corrected chi connectivity index (χ3v) is 6.44. The molecule has 8 heteroatoms. The average Bonchev–Trinajstić information content (AvgIpc) is 3.35. The second-order valence-corrected chi connectivity index (χ2v) is 8.28. The van der Waals surface area contributed by atoms with E-state index in [1.807, 2.05) is 4.90 Å². The zero-order valence-electron chi connectivity index (χ0n) is 17.1. The summed E-state index contributed by atoms with van der Waals surface area (Å²) >= 11 is 0. The van der Waals surface area contributed by atoms with Crippen LogP contribution in [0.2, 0.25) is 0 Å². The summed E-state index contributed by atoms with van der Waals surface area (Å²) in [7, 11) is 0. The Morgan fingerprint density at radius 3 is 2.29 bits per heavy atom. The van der Waals surface area contributed by atoms with Crippen molar-refractivity contribution in [3.05, 3.63) is 59.0 Å². The van der Waals surface area contributed by atoms with Crippen LogP contribution in [0, 0.1) is 5.92 Å². The minimum atomic E-state index is -0.429. The zero-order chi connectivity index (χ0) is 21.5. The van der Waals surface area contributed by atoms with Gasteiger partial charge in [-0.1, -0.05) is 6.42 Å². The monoisotopic (exact) mass is 421 g/mol. The largest absolute Gasteiger partial charge is 0.467 e. The number of benzene rings is 1. The molecule has 0 N–H and O–H groups in total. The van der Waals surface area contributed by atoms with Crippen LogP contribution in [0.1, 0.15) is 56.1 Å². The molecular weight excluding hydrogens is 398 g/mol. The second kappa shape index (κ2) is 7.68. The molecule has 0 unspecified atom stereocenters. The van der Waals surface area contributed by atoms with Gasteiger partial charge in [-0.2, -0.15) is 0 Å². The summed E-state index contributed by atoms with van der Waals surface area (Å²) in [6.45, 7) is 2.04. The Labute approximate surface area is 179 Å². The van der Waals surface area contributed by atoms with Crippen molar-refractivity contribution in [2.75, 3.05) is 26.2 Å². The molecule has 4 amide bonds. The van der Waals surface area contributed by atoms with E-state index in [4.69, 9.17) is 4.42 Å². The molecule has 8 nitrogen and oxygen atoms in total. The van der Waals surface area contributed by atoms with Crippen LogP contribution >= 0.6 is 0 Å². The molecule has 0 spiro atoms. The SMILES string of the molecule is O=C(c1ccc2c(c1)C(=O)N(Cc1ccco1)C2=O)N1CCN(C(=O)C2CCC2)CC1. The molecule has 1 aromatic carbocycles. The Kier molecular flexibility index (Phi) is 4.84. The van der Waals surface area contributed by atoms with Crippen molar-refractivity contribution in [3.8, 4) is 0 Å². The van der Waals surface area contributed by atoms with Crippen molar-refractivity contribution in [1.82, 2.24) is 14.7 Å². The number of nitrogens with zero attached hydrogens (tertiary/aromatic N) is 3. The van der Waals surface area contributed by atoms with E-state index in [0.717, 1.165) is 24.2 Å². The van der Waals surface area contributed by atoms with Crippen molar-refractivity contribution >= 4 is 23.6 Å². The molecule has 0 atom stereocenters. The highest BCUT2D eigenvalue weighted by Gasteiger charge is 2.37. The number of hydrogen-bond donors (Lipinski definition) is 0. The first-order valence-electron chi connectivity index (χ1n) is 10.6. The summed E-state index contributed by atoms with van der Waals surface area (Å²) in [5, 5.41) is 0. The predicted molar refractivity (Wildman–Crippen MR) is 109 cm³/mol. The van der Waals surface area contributed by atoms with E-state index in [1.165, 1.54) is 12.3 Å². The maximum absolute atomic E-state index is 13.0. The minimum Gasteiger partial charge on any atom is -0.467 e. The Balaban J connectivity index is 1.27. The van der Waals surface area contributed by atoms with Gasteiger partial charge in [-0.15, -0.1) is 0 Å². The third kappa shape index (κ3) is 3.41. The normalized spacial score (nSPS) is 18.9. The highest BCUT2D eigenvalue weighted by Crippen LogP contribution is 2.29. The molecule has 0 radical (unpaired) electrons. The number of amides is 4. The molecule has 3 aliphatic rings. The highest BCUT2D eigenvalue weighted by atomic mass is 16.3. The lowest BCUT2D eigenvalue weighted by Crippen LogP contribution is -2.52. The van der Waals surface area contributed by atoms with Crippen molar-refractivity contribution in [2.45, 2.75) is 25.8 Å². The van der Waals surface area contributed by atoms with Crippen LogP contribution in [0.5, 0.6) is 0 Å². The van der Waals surface area contributed by atoms with Crippen LogP contribution in [0.4, 0.5) is 0 Å². The van der Waals surface area contributed by atoms with Gasteiger partial charge in [0.15, 0.2) is 0 Å².